The van der Waals surface area contributed by atoms with E-state index in [9.17, 15) is 0 Å². The van der Waals surface area contributed by atoms with Crippen molar-refractivity contribution in [3.8, 4) is 0 Å². The number of rotatable bonds is 2. The molecule has 64 valence electrons. The van der Waals surface area contributed by atoms with E-state index in [0.29, 0.717) is 0 Å². The molecule has 0 aromatic carbocycles. The van der Waals surface area contributed by atoms with Crippen LogP contribution in [-0.4, -0.2) is 9.97 Å². The molecule has 0 aliphatic heterocycles. The van der Waals surface area contributed by atoms with Gasteiger partial charge in [0.05, 0.1) is 9.75 Å². The molecule has 0 unspecified atom stereocenters. The number of hydrogen-bond donors (Lipinski definition) is 0. The molecule has 0 atom stereocenters. The molecule has 13 heavy (non-hydrogen) atoms. The van der Waals surface area contributed by atoms with Crippen LogP contribution >= 0.6 is 11.3 Å². The van der Waals surface area contributed by atoms with Crippen LogP contribution in [0, 0.1) is 0 Å². The Hall–Kier alpha value is -1.48. The molecule has 2 aromatic heterocycles. The summed E-state index contributed by atoms with van der Waals surface area (Å²) < 4.78 is 0. The van der Waals surface area contributed by atoms with Gasteiger partial charge in [-0.1, -0.05) is 13.2 Å². The summed E-state index contributed by atoms with van der Waals surface area (Å²) in [5, 5.41) is 0. The number of fused-ring (bicyclic) bond motifs is 1. The third-order valence-electron chi connectivity index (χ3n) is 1.76. The van der Waals surface area contributed by atoms with Crippen molar-refractivity contribution in [1.29, 1.82) is 0 Å². The summed E-state index contributed by atoms with van der Waals surface area (Å²) in [5.41, 5.74) is 1.83. The third-order valence-corrected chi connectivity index (χ3v) is 2.92. The largest absolute Gasteiger partial charge is 0.251 e. The first-order valence-corrected chi connectivity index (χ1v) is 4.67. The SMILES string of the molecule is C=Cc1sc(C=C)c2nccnc12. The zero-order valence-corrected chi connectivity index (χ0v) is 7.84. The average Bonchev–Trinajstić information content (AvgIpc) is 2.56. The van der Waals surface area contributed by atoms with Crippen molar-refractivity contribution in [2.24, 2.45) is 0 Å². The van der Waals surface area contributed by atoms with Crippen molar-refractivity contribution in [2.45, 2.75) is 0 Å². The molecule has 0 amide bonds. The van der Waals surface area contributed by atoms with Crippen LogP contribution in [0.4, 0.5) is 0 Å². The zero-order chi connectivity index (χ0) is 9.26. The molecule has 2 aromatic rings. The summed E-state index contributed by atoms with van der Waals surface area (Å²) in [5.74, 6) is 0. The van der Waals surface area contributed by atoms with Crippen LogP contribution < -0.4 is 0 Å². The van der Waals surface area contributed by atoms with E-state index < -0.39 is 0 Å². The maximum atomic E-state index is 4.25. The Labute approximate surface area is 80.3 Å². The Morgan fingerprint density at radius 1 is 1.00 bits per heavy atom. The first kappa shape index (κ1) is 8.13. The highest BCUT2D eigenvalue weighted by Crippen LogP contribution is 2.29. The van der Waals surface area contributed by atoms with E-state index in [-0.39, 0.29) is 0 Å². The van der Waals surface area contributed by atoms with E-state index in [1.807, 2.05) is 0 Å². The van der Waals surface area contributed by atoms with Crippen LogP contribution in [0.15, 0.2) is 25.6 Å². The lowest BCUT2D eigenvalue weighted by Crippen LogP contribution is -1.78. The van der Waals surface area contributed by atoms with E-state index in [1.165, 1.54) is 0 Å². The van der Waals surface area contributed by atoms with Gasteiger partial charge in [0.2, 0.25) is 0 Å². The molecule has 0 aliphatic rings. The molecule has 2 heterocycles. The van der Waals surface area contributed by atoms with Gasteiger partial charge in [0.25, 0.3) is 0 Å². The van der Waals surface area contributed by atoms with Gasteiger partial charge in [0.1, 0.15) is 11.0 Å². The number of thiophene rings is 1. The summed E-state index contributed by atoms with van der Waals surface area (Å²) in [6.45, 7) is 7.47. The predicted octanol–water partition coefficient (Wildman–Crippen LogP) is 2.98. The maximum Gasteiger partial charge on any atom is 0.107 e. The quantitative estimate of drug-likeness (QED) is 0.724. The Morgan fingerprint density at radius 3 is 1.85 bits per heavy atom. The fourth-order valence-corrected chi connectivity index (χ4v) is 2.09. The van der Waals surface area contributed by atoms with E-state index in [0.717, 1.165) is 20.8 Å². The van der Waals surface area contributed by atoms with E-state index in [4.69, 9.17) is 0 Å². The van der Waals surface area contributed by atoms with Crippen LogP contribution in [0.2, 0.25) is 0 Å². The van der Waals surface area contributed by atoms with E-state index in [1.54, 1.807) is 35.9 Å². The molecule has 3 heteroatoms. The fourth-order valence-electron chi connectivity index (χ4n) is 1.19. The Morgan fingerprint density at radius 2 is 1.46 bits per heavy atom. The van der Waals surface area contributed by atoms with Gasteiger partial charge in [-0.05, 0) is 12.2 Å². The highest BCUT2D eigenvalue weighted by atomic mass is 32.1. The Bertz CT molecular complexity index is 429. The van der Waals surface area contributed by atoms with Crippen molar-refractivity contribution in [3.63, 3.8) is 0 Å². The van der Waals surface area contributed by atoms with E-state index >= 15 is 0 Å². The summed E-state index contributed by atoms with van der Waals surface area (Å²) in [6.07, 6.45) is 6.98. The maximum absolute atomic E-state index is 4.25. The number of aromatic nitrogens is 2. The van der Waals surface area contributed by atoms with Crippen LogP contribution in [0.1, 0.15) is 9.75 Å². The minimum absolute atomic E-state index is 0.914. The lowest BCUT2D eigenvalue weighted by molar-refractivity contribution is 1.30. The normalized spacial score (nSPS) is 10.2. The van der Waals surface area contributed by atoms with E-state index in [2.05, 4.69) is 23.1 Å². The molecule has 0 saturated carbocycles. The molecule has 0 spiro atoms. The second kappa shape index (κ2) is 3.11. The van der Waals surface area contributed by atoms with Gasteiger partial charge >= 0.3 is 0 Å². The summed E-state index contributed by atoms with van der Waals surface area (Å²) >= 11 is 1.61. The first-order valence-electron chi connectivity index (χ1n) is 3.85. The molecule has 2 rings (SSSR count). The third kappa shape index (κ3) is 1.17. The lowest BCUT2D eigenvalue weighted by Gasteiger charge is -1.88. The van der Waals surface area contributed by atoms with Crippen molar-refractivity contribution < 1.29 is 0 Å². The highest BCUT2D eigenvalue weighted by molar-refractivity contribution is 7.15. The monoisotopic (exact) mass is 188 g/mol. The van der Waals surface area contributed by atoms with Crippen molar-refractivity contribution in [3.05, 3.63) is 35.3 Å². The molecule has 0 saturated heterocycles. The lowest BCUT2D eigenvalue weighted by atomic mass is 10.3. The topological polar surface area (TPSA) is 25.8 Å². The minimum Gasteiger partial charge on any atom is -0.251 e. The summed E-state index contributed by atoms with van der Waals surface area (Å²) in [6, 6.07) is 0. The second-order valence-electron chi connectivity index (χ2n) is 2.49. The van der Waals surface area contributed by atoms with Gasteiger partial charge in [-0.25, -0.2) is 0 Å². The van der Waals surface area contributed by atoms with Gasteiger partial charge in [0, 0.05) is 12.4 Å². The molecule has 0 bridgehead atoms. The van der Waals surface area contributed by atoms with Gasteiger partial charge in [-0.3, -0.25) is 9.97 Å². The van der Waals surface area contributed by atoms with Crippen LogP contribution in [-0.2, 0) is 0 Å². The molecular formula is C10H8N2S. The van der Waals surface area contributed by atoms with Crippen LogP contribution in [0.5, 0.6) is 0 Å². The van der Waals surface area contributed by atoms with Crippen molar-refractivity contribution in [1.82, 2.24) is 9.97 Å². The van der Waals surface area contributed by atoms with Crippen molar-refractivity contribution in [2.75, 3.05) is 0 Å². The average molecular weight is 188 g/mol. The molecule has 0 fully saturated rings. The smallest absolute Gasteiger partial charge is 0.107 e. The van der Waals surface area contributed by atoms with Gasteiger partial charge in [0.15, 0.2) is 0 Å². The standard InChI is InChI=1S/C10H8N2S/c1-3-7-9-10(8(4-2)13-7)12-6-5-11-9/h3-6H,1-2H2. The molecular weight excluding hydrogens is 180 g/mol. The van der Waals surface area contributed by atoms with Crippen LogP contribution in [0.3, 0.4) is 0 Å². The Kier molecular flexibility index (Phi) is 1.94. The van der Waals surface area contributed by atoms with Crippen molar-refractivity contribution >= 4 is 34.5 Å². The number of hydrogen-bond acceptors (Lipinski definition) is 3. The van der Waals surface area contributed by atoms with Gasteiger partial charge in [-0.15, -0.1) is 11.3 Å². The zero-order valence-electron chi connectivity index (χ0n) is 7.03. The second-order valence-corrected chi connectivity index (χ2v) is 3.58. The van der Waals surface area contributed by atoms with Gasteiger partial charge in [-0.2, -0.15) is 0 Å². The molecule has 2 nitrogen and oxygen atoms in total. The minimum atomic E-state index is 0.914. The Balaban J connectivity index is 2.89. The van der Waals surface area contributed by atoms with Crippen LogP contribution in [0.25, 0.3) is 23.2 Å². The summed E-state index contributed by atoms with van der Waals surface area (Å²) in [4.78, 5) is 10.6. The van der Waals surface area contributed by atoms with Gasteiger partial charge < -0.3 is 0 Å². The molecule has 0 N–H and O–H groups in total. The predicted molar refractivity (Wildman–Crippen MR) is 57.6 cm³/mol. The molecule has 0 radical (unpaired) electrons. The summed E-state index contributed by atoms with van der Waals surface area (Å²) in [7, 11) is 0. The highest BCUT2D eigenvalue weighted by Gasteiger charge is 2.07. The molecule has 0 aliphatic carbocycles. The fraction of sp³-hybridized carbons (Fsp3) is 0. The first-order chi connectivity index (χ1) is 6.36. The number of nitrogens with zero attached hydrogens (tertiary/aromatic N) is 2.